The van der Waals surface area contributed by atoms with E-state index in [9.17, 15) is 4.79 Å². The molecule has 1 atom stereocenters. The van der Waals surface area contributed by atoms with Gasteiger partial charge in [0.2, 0.25) is 5.91 Å². The van der Waals surface area contributed by atoms with Crippen LogP contribution in [0.5, 0.6) is 0 Å². The minimum atomic E-state index is 0.140. The fraction of sp³-hybridized carbons (Fsp3) is 0.588. The molecule has 1 aromatic rings. The summed E-state index contributed by atoms with van der Waals surface area (Å²) in [5.41, 5.74) is 2.58. The lowest BCUT2D eigenvalue weighted by molar-refractivity contribution is -0.121. The van der Waals surface area contributed by atoms with Crippen molar-refractivity contribution < 1.29 is 4.79 Å². The lowest BCUT2D eigenvalue weighted by atomic mass is 9.94. The SMILES string of the molecule is CNCCCNC(=O)CC(C)c1ccc(C(C)C)cc1. The number of nitrogens with one attached hydrogen (secondary N) is 2. The molecule has 3 heteroatoms. The van der Waals surface area contributed by atoms with Gasteiger partial charge in [0, 0.05) is 13.0 Å². The molecular weight excluding hydrogens is 248 g/mol. The van der Waals surface area contributed by atoms with Crippen molar-refractivity contribution in [3.63, 3.8) is 0 Å². The Labute approximate surface area is 123 Å². The maximum absolute atomic E-state index is 11.8. The lowest BCUT2D eigenvalue weighted by Crippen LogP contribution is -2.27. The molecule has 112 valence electrons. The van der Waals surface area contributed by atoms with Crippen LogP contribution in [0.3, 0.4) is 0 Å². The Balaban J connectivity index is 2.41. The smallest absolute Gasteiger partial charge is 0.220 e. The molecule has 0 aromatic heterocycles. The number of benzene rings is 1. The maximum atomic E-state index is 11.8. The van der Waals surface area contributed by atoms with Gasteiger partial charge in [0.05, 0.1) is 0 Å². The van der Waals surface area contributed by atoms with Crippen LogP contribution in [0.25, 0.3) is 0 Å². The Kier molecular flexibility index (Phi) is 7.31. The molecule has 0 aliphatic heterocycles. The van der Waals surface area contributed by atoms with Crippen molar-refractivity contribution in [2.24, 2.45) is 0 Å². The molecule has 0 saturated heterocycles. The number of carbonyl (C=O) groups is 1. The topological polar surface area (TPSA) is 41.1 Å². The Bertz CT molecular complexity index is 398. The van der Waals surface area contributed by atoms with Crippen LogP contribution in [-0.4, -0.2) is 26.0 Å². The van der Waals surface area contributed by atoms with Gasteiger partial charge in [0.25, 0.3) is 0 Å². The van der Waals surface area contributed by atoms with Crippen molar-refractivity contribution in [2.75, 3.05) is 20.1 Å². The van der Waals surface area contributed by atoms with Gasteiger partial charge in [0.15, 0.2) is 0 Å². The van der Waals surface area contributed by atoms with Crippen molar-refractivity contribution in [2.45, 2.75) is 45.4 Å². The highest BCUT2D eigenvalue weighted by Gasteiger charge is 2.11. The quantitative estimate of drug-likeness (QED) is 0.717. The Morgan fingerprint density at radius 3 is 2.20 bits per heavy atom. The number of rotatable bonds is 8. The Morgan fingerprint density at radius 2 is 1.65 bits per heavy atom. The van der Waals surface area contributed by atoms with Crippen LogP contribution >= 0.6 is 0 Å². The van der Waals surface area contributed by atoms with Crippen molar-refractivity contribution in [3.8, 4) is 0 Å². The number of hydrogen-bond acceptors (Lipinski definition) is 2. The van der Waals surface area contributed by atoms with Gasteiger partial charge in [-0.2, -0.15) is 0 Å². The van der Waals surface area contributed by atoms with E-state index in [0.29, 0.717) is 12.3 Å². The third kappa shape index (κ3) is 5.74. The molecule has 0 saturated carbocycles. The second kappa shape index (κ2) is 8.75. The third-order valence-electron chi connectivity index (χ3n) is 3.59. The number of carbonyl (C=O) groups excluding carboxylic acids is 1. The monoisotopic (exact) mass is 276 g/mol. The minimum absolute atomic E-state index is 0.140. The molecule has 0 heterocycles. The van der Waals surface area contributed by atoms with E-state index in [0.717, 1.165) is 19.5 Å². The van der Waals surface area contributed by atoms with Gasteiger partial charge in [-0.1, -0.05) is 45.0 Å². The first-order chi connectivity index (χ1) is 9.54. The standard InChI is InChI=1S/C17H28N2O/c1-13(2)15-6-8-16(9-7-15)14(3)12-17(20)19-11-5-10-18-4/h6-9,13-14,18H,5,10-12H2,1-4H3,(H,19,20). The van der Waals surface area contributed by atoms with Gasteiger partial charge in [-0.15, -0.1) is 0 Å². The van der Waals surface area contributed by atoms with E-state index >= 15 is 0 Å². The fourth-order valence-electron chi connectivity index (χ4n) is 2.17. The molecule has 0 radical (unpaired) electrons. The number of hydrogen-bond donors (Lipinski definition) is 2. The molecule has 0 spiro atoms. The average molecular weight is 276 g/mol. The normalized spacial score (nSPS) is 12.4. The summed E-state index contributed by atoms with van der Waals surface area (Å²) in [7, 11) is 1.92. The molecule has 2 N–H and O–H groups in total. The van der Waals surface area contributed by atoms with Gasteiger partial charge in [-0.3, -0.25) is 4.79 Å². The second-order valence-electron chi connectivity index (χ2n) is 5.73. The summed E-state index contributed by atoms with van der Waals surface area (Å²) in [6.07, 6.45) is 1.53. The Hall–Kier alpha value is -1.35. The maximum Gasteiger partial charge on any atom is 0.220 e. The molecular formula is C17H28N2O. The molecule has 0 fully saturated rings. The zero-order valence-electron chi connectivity index (χ0n) is 13.2. The first kappa shape index (κ1) is 16.7. The molecule has 1 amide bonds. The predicted octanol–water partition coefficient (Wildman–Crippen LogP) is 3.03. The summed E-state index contributed by atoms with van der Waals surface area (Å²) in [6, 6.07) is 8.63. The second-order valence-corrected chi connectivity index (χ2v) is 5.73. The third-order valence-corrected chi connectivity index (χ3v) is 3.59. The molecule has 0 bridgehead atoms. The van der Waals surface area contributed by atoms with Gasteiger partial charge in [-0.25, -0.2) is 0 Å². The summed E-state index contributed by atoms with van der Waals surface area (Å²) in [5.74, 6) is 0.955. The summed E-state index contributed by atoms with van der Waals surface area (Å²) in [6.45, 7) is 8.18. The largest absolute Gasteiger partial charge is 0.356 e. The van der Waals surface area contributed by atoms with E-state index in [1.807, 2.05) is 7.05 Å². The van der Waals surface area contributed by atoms with E-state index in [1.165, 1.54) is 11.1 Å². The van der Waals surface area contributed by atoms with E-state index in [4.69, 9.17) is 0 Å². The summed E-state index contributed by atoms with van der Waals surface area (Å²) in [5, 5.41) is 6.04. The van der Waals surface area contributed by atoms with E-state index in [1.54, 1.807) is 0 Å². The Morgan fingerprint density at radius 1 is 1.05 bits per heavy atom. The van der Waals surface area contributed by atoms with E-state index in [2.05, 4.69) is 55.7 Å². The first-order valence-corrected chi connectivity index (χ1v) is 7.55. The van der Waals surface area contributed by atoms with Crippen molar-refractivity contribution in [1.29, 1.82) is 0 Å². The van der Waals surface area contributed by atoms with Crippen LogP contribution in [0, 0.1) is 0 Å². The van der Waals surface area contributed by atoms with Crippen LogP contribution in [0.15, 0.2) is 24.3 Å². The summed E-state index contributed by atoms with van der Waals surface area (Å²) >= 11 is 0. The minimum Gasteiger partial charge on any atom is -0.356 e. The highest BCUT2D eigenvalue weighted by Crippen LogP contribution is 2.22. The van der Waals surface area contributed by atoms with Gasteiger partial charge < -0.3 is 10.6 Å². The molecule has 1 rings (SSSR count). The van der Waals surface area contributed by atoms with Crippen molar-refractivity contribution in [3.05, 3.63) is 35.4 Å². The van der Waals surface area contributed by atoms with Crippen molar-refractivity contribution in [1.82, 2.24) is 10.6 Å². The lowest BCUT2D eigenvalue weighted by Gasteiger charge is -2.13. The van der Waals surface area contributed by atoms with Gasteiger partial charge in [0.1, 0.15) is 0 Å². The van der Waals surface area contributed by atoms with Crippen LogP contribution in [0.2, 0.25) is 0 Å². The van der Waals surface area contributed by atoms with Gasteiger partial charge in [-0.05, 0) is 43.0 Å². The van der Waals surface area contributed by atoms with Crippen LogP contribution in [0.4, 0.5) is 0 Å². The summed E-state index contributed by atoms with van der Waals surface area (Å²) in [4.78, 5) is 11.8. The highest BCUT2D eigenvalue weighted by molar-refractivity contribution is 5.76. The molecule has 0 aliphatic carbocycles. The van der Waals surface area contributed by atoms with Crippen molar-refractivity contribution >= 4 is 5.91 Å². The van der Waals surface area contributed by atoms with Crippen LogP contribution < -0.4 is 10.6 Å². The predicted molar refractivity (Wildman–Crippen MR) is 85.1 cm³/mol. The number of amides is 1. The van der Waals surface area contributed by atoms with Crippen LogP contribution in [-0.2, 0) is 4.79 Å². The molecule has 20 heavy (non-hydrogen) atoms. The zero-order valence-corrected chi connectivity index (χ0v) is 13.2. The van der Waals surface area contributed by atoms with Crippen LogP contribution in [0.1, 0.15) is 56.6 Å². The molecule has 0 aliphatic rings. The average Bonchev–Trinajstić information content (AvgIpc) is 2.43. The van der Waals surface area contributed by atoms with E-state index < -0.39 is 0 Å². The molecule has 1 aromatic carbocycles. The molecule has 3 nitrogen and oxygen atoms in total. The first-order valence-electron chi connectivity index (χ1n) is 7.55. The highest BCUT2D eigenvalue weighted by atomic mass is 16.1. The molecule has 1 unspecified atom stereocenters. The summed E-state index contributed by atoms with van der Waals surface area (Å²) < 4.78 is 0. The van der Waals surface area contributed by atoms with E-state index in [-0.39, 0.29) is 11.8 Å². The zero-order chi connectivity index (χ0) is 15.0. The van der Waals surface area contributed by atoms with Gasteiger partial charge >= 0.3 is 0 Å². The fourth-order valence-corrected chi connectivity index (χ4v) is 2.17.